The molecular weight excluding hydrogens is 207 g/mol. The van der Waals surface area contributed by atoms with Crippen molar-refractivity contribution in [2.45, 2.75) is 13.3 Å². The molecule has 0 unspecified atom stereocenters. The van der Waals surface area contributed by atoms with E-state index in [9.17, 15) is 18.3 Å². The van der Waals surface area contributed by atoms with E-state index in [2.05, 4.69) is 0 Å². The summed E-state index contributed by atoms with van der Waals surface area (Å²) in [5, 5.41) is 10.1. The van der Waals surface area contributed by atoms with Gasteiger partial charge in [0.2, 0.25) is 0 Å². The minimum absolute atomic E-state index is 0. The van der Waals surface area contributed by atoms with Crippen molar-refractivity contribution in [3.8, 4) is 0 Å². The molecule has 0 fully saturated rings. The van der Waals surface area contributed by atoms with Crippen LogP contribution in [0.4, 0.5) is 0 Å². The number of carboxylic acid groups (broad SMARTS) is 1. The molecule has 0 radical (unpaired) electrons. The standard InChI is InChI=1S/C6H10O5S.Na/c1-5(6(7)8)3-2-4-12(9,10)11;/h3H,2,4H2,1H3,(H,7,8)(H,9,10,11);/q;+1/p-1. The Kier molecular flexibility index (Phi) is 7.86. The molecule has 0 saturated heterocycles. The number of carboxylic acids is 1. The Balaban J connectivity index is 0. The van der Waals surface area contributed by atoms with Gasteiger partial charge >= 0.3 is 29.6 Å². The first-order chi connectivity index (χ1) is 5.33. The normalized spacial score (nSPS) is 12.0. The summed E-state index contributed by atoms with van der Waals surface area (Å²) in [5.41, 5.74) is -0.0429. The number of carbonyl (C=O) groups is 1. The zero-order chi connectivity index (χ0) is 9.78. The van der Waals surface area contributed by atoms with Crippen molar-refractivity contribution in [3.63, 3.8) is 0 Å². The average molecular weight is 216 g/mol. The van der Waals surface area contributed by atoms with Gasteiger partial charge in [-0.2, -0.15) is 8.42 Å². The Morgan fingerprint density at radius 2 is 2.00 bits per heavy atom. The molecule has 1 N–H and O–H groups in total. The number of carbonyl (C=O) groups excluding carboxylic acids is 1. The third kappa shape index (κ3) is 10.0. The maximum atomic E-state index is 10.1. The molecule has 0 bridgehead atoms. The van der Waals surface area contributed by atoms with Crippen LogP contribution in [0.15, 0.2) is 11.6 Å². The van der Waals surface area contributed by atoms with E-state index >= 15 is 0 Å². The molecule has 0 aromatic heterocycles. The summed E-state index contributed by atoms with van der Waals surface area (Å²) in [6.45, 7) is 1.29. The molecule has 0 aromatic rings. The quantitative estimate of drug-likeness (QED) is 0.293. The van der Waals surface area contributed by atoms with Gasteiger partial charge in [0, 0.05) is 0 Å². The van der Waals surface area contributed by atoms with Crippen LogP contribution in [0.25, 0.3) is 0 Å². The number of hydrogen-bond acceptors (Lipinski definition) is 4. The molecule has 5 nitrogen and oxygen atoms in total. The first-order valence-corrected chi connectivity index (χ1v) is 4.77. The first-order valence-electron chi connectivity index (χ1n) is 3.16. The number of allylic oxidation sites excluding steroid dienone is 1. The van der Waals surface area contributed by atoms with E-state index in [1.807, 2.05) is 0 Å². The molecule has 0 rings (SSSR count). The van der Waals surface area contributed by atoms with Gasteiger partial charge in [0.25, 0.3) is 10.1 Å². The van der Waals surface area contributed by atoms with Crippen molar-refractivity contribution in [1.29, 1.82) is 0 Å². The van der Waals surface area contributed by atoms with Gasteiger partial charge in [-0.05, 0) is 18.9 Å². The molecule has 0 heterocycles. The molecule has 70 valence electrons. The van der Waals surface area contributed by atoms with E-state index in [0.29, 0.717) is 0 Å². The molecule has 0 spiro atoms. The van der Waals surface area contributed by atoms with Crippen LogP contribution in [0.5, 0.6) is 0 Å². The fourth-order valence-corrected chi connectivity index (χ4v) is 0.923. The molecule has 13 heavy (non-hydrogen) atoms. The molecule has 0 aliphatic rings. The fourth-order valence-electron chi connectivity index (χ4n) is 0.508. The van der Waals surface area contributed by atoms with Crippen molar-refractivity contribution >= 4 is 16.1 Å². The second-order valence-electron chi connectivity index (χ2n) is 2.25. The van der Waals surface area contributed by atoms with Crippen LogP contribution in [-0.4, -0.2) is 24.7 Å². The predicted molar refractivity (Wildman–Crippen MR) is 39.8 cm³/mol. The second-order valence-corrected chi connectivity index (χ2v) is 3.82. The van der Waals surface area contributed by atoms with Crippen molar-refractivity contribution in [2.24, 2.45) is 0 Å². The minimum Gasteiger partial charge on any atom is -0.545 e. The van der Waals surface area contributed by atoms with Crippen LogP contribution in [0.1, 0.15) is 13.3 Å². The van der Waals surface area contributed by atoms with E-state index in [-0.39, 0.29) is 41.6 Å². The van der Waals surface area contributed by atoms with E-state index in [1.165, 1.54) is 13.0 Å². The summed E-state index contributed by atoms with van der Waals surface area (Å²) in [7, 11) is -4.00. The fraction of sp³-hybridized carbons (Fsp3) is 0.500. The summed E-state index contributed by atoms with van der Waals surface area (Å²) in [6, 6.07) is 0. The number of hydrogen-bond donors (Lipinski definition) is 1. The molecule has 0 amide bonds. The molecular formula is C6H9NaO5S. The molecule has 0 aliphatic heterocycles. The Morgan fingerprint density at radius 3 is 2.31 bits per heavy atom. The van der Waals surface area contributed by atoms with Gasteiger partial charge in [-0.25, -0.2) is 0 Å². The Labute approximate surface area is 98.9 Å². The zero-order valence-corrected chi connectivity index (χ0v) is 10.3. The van der Waals surface area contributed by atoms with Crippen molar-refractivity contribution in [1.82, 2.24) is 0 Å². The van der Waals surface area contributed by atoms with Crippen molar-refractivity contribution in [2.75, 3.05) is 5.75 Å². The minimum atomic E-state index is -4.00. The molecule has 0 atom stereocenters. The van der Waals surface area contributed by atoms with Gasteiger partial charge in [0.1, 0.15) is 0 Å². The number of rotatable bonds is 4. The van der Waals surface area contributed by atoms with E-state index in [0.717, 1.165) is 0 Å². The topological polar surface area (TPSA) is 94.5 Å². The summed E-state index contributed by atoms with van der Waals surface area (Å²) < 4.78 is 28.5. The van der Waals surface area contributed by atoms with Crippen LogP contribution in [0.3, 0.4) is 0 Å². The summed E-state index contributed by atoms with van der Waals surface area (Å²) in [5.74, 6) is -1.82. The number of aliphatic carboxylic acids is 1. The Morgan fingerprint density at radius 1 is 1.54 bits per heavy atom. The van der Waals surface area contributed by atoms with Crippen molar-refractivity contribution < 1.29 is 52.4 Å². The van der Waals surface area contributed by atoms with Gasteiger partial charge in [-0.15, -0.1) is 0 Å². The third-order valence-electron chi connectivity index (χ3n) is 1.15. The predicted octanol–water partition coefficient (Wildman–Crippen LogP) is -4.04. The summed E-state index contributed by atoms with van der Waals surface area (Å²) in [4.78, 5) is 10.1. The molecule has 0 saturated carbocycles. The maximum Gasteiger partial charge on any atom is 1.00 e. The third-order valence-corrected chi connectivity index (χ3v) is 1.90. The van der Waals surface area contributed by atoms with Gasteiger partial charge in [-0.3, -0.25) is 4.55 Å². The summed E-state index contributed by atoms with van der Waals surface area (Å²) in [6.07, 6.45) is 1.15. The zero-order valence-electron chi connectivity index (χ0n) is 7.48. The van der Waals surface area contributed by atoms with E-state index in [4.69, 9.17) is 4.55 Å². The van der Waals surface area contributed by atoms with Crippen LogP contribution >= 0.6 is 0 Å². The van der Waals surface area contributed by atoms with Gasteiger partial charge < -0.3 is 9.90 Å². The van der Waals surface area contributed by atoms with Crippen molar-refractivity contribution in [3.05, 3.63) is 11.6 Å². The Hall–Kier alpha value is 0.120. The molecule has 0 aromatic carbocycles. The van der Waals surface area contributed by atoms with Gasteiger partial charge in [0.05, 0.1) is 11.7 Å². The van der Waals surface area contributed by atoms with Crippen LogP contribution < -0.4 is 34.7 Å². The van der Waals surface area contributed by atoms with Gasteiger partial charge in [-0.1, -0.05) is 6.08 Å². The molecule has 7 heteroatoms. The monoisotopic (exact) mass is 216 g/mol. The second kappa shape index (κ2) is 6.56. The van der Waals surface area contributed by atoms with E-state index in [1.54, 1.807) is 0 Å². The van der Waals surface area contributed by atoms with Crippen LogP contribution in [-0.2, 0) is 14.9 Å². The summed E-state index contributed by atoms with van der Waals surface area (Å²) >= 11 is 0. The largest absolute Gasteiger partial charge is 1.00 e. The average Bonchev–Trinajstić information content (AvgIpc) is 1.84. The SMILES string of the molecule is CC(=CCCS(=O)(=O)O)C(=O)[O-].[Na+]. The van der Waals surface area contributed by atoms with E-state index < -0.39 is 21.8 Å². The maximum absolute atomic E-state index is 10.1. The van der Waals surface area contributed by atoms with Crippen LogP contribution in [0.2, 0.25) is 0 Å². The first kappa shape index (κ1) is 15.6. The smallest absolute Gasteiger partial charge is 0.545 e. The Bertz CT molecular complexity index is 292. The molecule has 0 aliphatic carbocycles. The van der Waals surface area contributed by atoms with Crippen LogP contribution in [0, 0.1) is 0 Å². The van der Waals surface area contributed by atoms with Gasteiger partial charge in [0.15, 0.2) is 0 Å².